The molecule has 2 heterocycles. The average molecular weight is 631 g/mol. The Hall–Kier alpha value is -4.92. The van der Waals surface area contributed by atoms with E-state index in [1.54, 1.807) is 12.4 Å². The number of hydrogen-bond acceptors (Lipinski definition) is 6. The van der Waals surface area contributed by atoms with Gasteiger partial charge in [0.1, 0.15) is 48.6 Å². The van der Waals surface area contributed by atoms with Crippen LogP contribution in [0.3, 0.4) is 0 Å². The number of aliphatic hydroxyl groups excluding tert-OH is 2. The van der Waals surface area contributed by atoms with Gasteiger partial charge in [0, 0.05) is 35.8 Å². The zero-order valence-corrected chi connectivity index (χ0v) is 26.9. The molecular formula is C39H42N4O4. The molecule has 8 nitrogen and oxygen atoms in total. The van der Waals surface area contributed by atoms with E-state index in [0.29, 0.717) is 24.6 Å². The Kier molecular flexibility index (Phi) is 10.00. The molecule has 0 amide bonds. The summed E-state index contributed by atoms with van der Waals surface area (Å²) < 4.78 is 16.1. The third-order valence-electron chi connectivity index (χ3n) is 8.58. The zero-order valence-electron chi connectivity index (χ0n) is 26.9. The van der Waals surface area contributed by atoms with Crippen molar-refractivity contribution in [2.24, 2.45) is 0 Å². The van der Waals surface area contributed by atoms with Gasteiger partial charge in [0.25, 0.3) is 0 Å². The standard InChI is InChI=1S/C39H42N4O4/c1-39(2,31-15-9-17-35(23-31)46-27-33(44)25-42-21-19-40-37(42)29-11-5-3-6-12-29)32-16-10-18-36(24-32)47-28-34(45)26-43-22-20-41-38(43)30-13-7-4-8-14-30/h3-7,9-13,15-24,33-34,44-45H,8,14,25-28H2,1-2H3. The van der Waals surface area contributed by atoms with Crippen LogP contribution in [0.4, 0.5) is 0 Å². The van der Waals surface area contributed by atoms with Crippen LogP contribution >= 0.6 is 0 Å². The first-order chi connectivity index (χ1) is 22.9. The van der Waals surface area contributed by atoms with E-state index in [1.807, 2.05) is 88.3 Å². The maximum atomic E-state index is 10.8. The van der Waals surface area contributed by atoms with Crippen molar-refractivity contribution in [2.75, 3.05) is 13.2 Å². The molecule has 0 bridgehead atoms. The monoisotopic (exact) mass is 630 g/mol. The molecule has 8 heteroatoms. The lowest BCUT2D eigenvalue weighted by Crippen LogP contribution is -2.25. The van der Waals surface area contributed by atoms with Crippen LogP contribution in [0.5, 0.6) is 11.5 Å². The predicted molar refractivity (Wildman–Crippen MR) is 184 cm³/mol. The van der Waals surface area contributed by atoms with Gasteiger partial charge in [0.05, 0.1) is 13.1 Å². The minimum absolute atomic E-state index is 0.150. The molecule has 0 aliphatic heterocycles. The van der Waals surface area contributed by atoms with Crippen LogP contribution < -0.4 is 9.47 Å². The SMILES string of the molecule is CC(C)(c1cccc(OCC(O)Cn2ccnc2C2=CC=CCC2)c1)c1cccc(OCC(O)Cn2ccnc2-c2ccccc2)c1. The highest BCUT2D eigenvalue weighted by Gasteiger charge is 2.24. The molecule has 0 saturated carbocycles. The quantitative estimate of drug-likeness (QED) is 0.142. The predicted octanol–water partition coefficient (Wildman–Crippen LogP) is 6.69. The van der Waals surface area contributed by atoms with Gasteiger partial charge in [-0.25, -0.2) is 9.97 Å². The molecule has 1 aliphatic carbocycles. The number of rotatable bonds is 14. The molecule has 0 fully saturated rings. The summed E-state index contributed by atoms with van der Waals surface area (Å²) in [5, 5.41) is 21.6. The van der Waals surface area contributed by atoms with Crippen molar-refractivity contribution in [1.29, 1.82) is 0 Å². The third kappa shape index (κ3) is 7.91. The van der Waals surface area contributed by atoms with E-state index in [4.69, 9.17) is 9.47 Å². The van der Waals surface area contributed by atoms with E-state index in [2.05, 4.69) is 54.2 Å². The topological polar surface area (TPSA) is 94.6 Å². The van der Waals surface area contributed by atoms with Crippen molar-refractivity contribution >= 4 is 5.57 Å². The molecule has 0 radical (unpaired) electrons. The van der Waals surface area contributed by atoms with E-state index in [1.165, 1.54) is 5.57 Å². The summed E-state index contributed by atoms with van der Waals surface area (Å²) in [5.74, 6) is 3.10. The molecule has 2 atom stereocenters. The zero-order chi connectivity index (χ0) is 32.6. The Balaban J connectivity index is 1.05. The van der Waals surface area contributed by atoms with Gasteiger partial charge >= 0.3 is 0 Å². The maximum absolute atomic E-state index is 10.8. The fourth-order valence-corrected chi connectivity index (χ4v) is 5.90. The first-order valence-electron chi connectivity index (χ1n) is 16.1. The fraction of sp³-hybridized carbons (Fsp3) is 0.282. The molecule has 242 valence electrons. The normalized spacial score (nSPS) is 14.4. The molecule has 3 aromatic carbocycles. The van der Waals surface area contributed by atoms with Gasteiger partial charge in [0.15, 0.2) is 0 Å². The molecule has 47 heavy (non-hydrogen) atoms. The number of aliphatic hydroxyl groups is 2. The van der Waals surface area contributed by atoms with Crippen LogP contribution in [0.2, 0.25) is 0 Å². The molecule has 2 N–H and O–H groups in total. The summed E-state index contributed by atoms with van der Waals surface area (Å²) in [7, 11) is 0. The Morgan fingerprint density at radius 3 is 1.89 bits per heavy atom. The van der Waals surface area contributed by atoms with Crippen molar-refractivity contribution in [3.63, 3.8) is 0 Å². The van der Waals surface area contributed by atoms with Crippen molar-refractivity contribution in [3.8, 4) is 22.9 Å². The number of imidazole rings is 2. The molecule has 2 unspecified atom stereocenters. The van der Waals surface area contributed by atoms with Crippen LogP contribution in [0.25, 0.3) is 17.0 Å². The molecule has 2 aromatic heterocycles. The van der Waals surface area contributed by atoms with Gasteiger partial charge in [0.2, 0.25) is 0 Å². The van der Waals surface area contributed by atoms with Gasteiger partial charge in [-0.15, -0.1) is 0 Å². The highest BCUT2D eigenvalue weighted by atomic mass is 16.5. The Bertz CT molecular complexity index is 1820. The summed E-state index contributed by atoms with van der Waals surface area (Å²) in [6, 6.07) is 25.9. The Morgan fingerprint density at radius 2 is 1.32 bits per heavy atom. The van der Waals surface area contributed by atoms with Gasteiger partial charge in [-0.1, -0.05) is 86.7 Å². The smallest absolute Gasteiger partial charge is 0.139 e. The second-order valence-corrected chi connectivity index (χ2v) is 12.4. The third-order valence-corrected chi connectivity index (χ3v) is 8.58. The molecule has 0 spiro atoms. The number of aromatic nitrogens is 4. The van der Waals surface area contributed by atoms with Gasteiger partial charge in [-0.2, -0.15) is 0 Å². The van der Waals surface area contributed by atoms with Crippen LogP contribution in [0.15, 0.2) is 122 Å². The van der Waals surface area contributed by atoms with Crippen LogP contribution in [0.1, 0.15) is 43.6 Å². The lowest BCUT2D eigenvalue weighted by Gasteiger charge is -2.27. The van der Waals surface area contributed by atoms with E-state index >= 15 is 0 Å². The fourth-order valence-electron chi connectivity index (χ4n) is 5.90. The van der Waals surface area contributed by atoms with Crippen molar-refractivity contribution in [2.45, 2.75) is 57.4 Å². The molecular weight excluding hydrogens is 588 g/mol. The Labute approximate surface area is 276 Å². The lowest BCUT2D eigenvalue weighted by molar-refractivity contribution is 0.0922. The number of nitrogens with zero attached hydrogens (tertiary/aromatic N) is 4. The summed E-state index contributed by atoms with van der Waals surface area (Å²) in [6.45, 7) is 5.41. The second-order valence-electron chi connectivity index (χ2n) is 12.4. The first-order valence-corrected chi connectivity index (χ1v) is 16.1. The largest absolute Gasteiger partial charge is 0.491 e. The summed E-state index contributed by atoms with van der Waals surface area (Å²) in [5.41, 5.74) is 3.97. The molecule has 5 aromatic rings. The van der Waals surface area contributed by atoms with Crippen molar-refractivity contribution < 1.29 is 19.7 Å². The number of allylic oxidation sites excluding steroid dienone is 4. The molecule has 6 rings (SSSR count). The van der Waals surface area contributed by atoms with Crippen molar-refractivity contribution in [3.05, 3.63) is 139 Å². The van der Waals surface area contributed by atoms with Gasteiger partial charge < -0.3 is 28.8 Å². The summed E-state index contributed by atoms with van der Waals surface area (Å²) >= 11 is 0. The second kappa shape index (κ2) is 14.7. The first kappa shape index (κ1) is 32.0. The van der Waals surface area contributed by atoms with E-state index in [0.717, 1.165) is 41.2 Å². The van der Waals surface area contributed by atoms with E-state index in [-0.39, 0.29) is 18.6 Å². The summed E-state index contributed by atoms with van der Waals surface area (Å²) in [4.78, 5) is 8.99. The van der Waals surface area contributed by atoms with Crippen LogP contribution in [0, 0.1) is 0 Å². The van der Waals surface area contributed by atoms with E-state index < -0.39 is 12.2 Å². The van der Waals surface area contributed by atoms with Crippen LogP contribution in [-0.2, 0) is 18.5 Å². The van der Waals surface area contributed by atoms with Crippen molar-refractivity contribution in [1.82, 2.24) is 19.1 Å². The van der Waals surface area contributed by atoms with Gasteiger partial charge in [-0.05, 0) is 53.8 Å². The molecule has 1 aliphatic rings. The Morgan fingerprint density at radius 1 is 0.745 bits per heavy atom. The number of ether oxygens (including phenoxy) is 2. The van der Waals surface area contributed by atoms with Gasteiger partial charge in [-0.3, -0.25) is 0 Å². The minimum atomic E-state index is -0.714. The maximum Gasteiger partial charge on any atom is 0.139 e. The number of hydrogen-bond donors (Lipinski definition) is 2. The lowest BCUT2D eigenvalue weighted by atomic mass is 9.78. The minimum Gasteiger partial charge on any atom is -0.491 e. The van der Waals surface area contributed by atoms with Crippen LogP contribution in [-0.4, -0.2) is 54.7 Å². The molecule has 0 saturated heterocycles. The summed E-state index contributed by atoms with van der Waals surface area (Å²) in [6.07, 6.45) is 14.1. The average Bonchev–Trinajstić information content (AvgIpc) is 3.77. The highest BCUT2D eigenvalue weighted by Crippen LogP contribution is 2.35. The van der Waals surface area contributed by atoms with E-state index in [9.17, 15) is 10.2 Å². The highest BCUT2D eigenvalue weighted by molar-refractivity contribution is 5.63. The number of benzene rings is 3.